The Morgan fingerprint density at radius 2 is 2.16 bits per heavy atom. The molecule has 0 radical (unpaired) electrons. The van der Waals surface area contributed by atoms with Crippen molar-refractivity contribution in [1.29, 1.82) is 0 Å². The van der Waals surface area contributed by atoms with Gasteiger partial charge in [0.05, 0.1) is 7.11 Å². The maximum Gasteiger partial charge on any atom is 0.251 e. The van der Waals surface area contributed by atoms with Crippen LogP contribution in [0, 0.1) is 6.92 Å². The van der Waals surface area contributed by atoms with Gasteiger partial charge in [0.25, 0.3) is 5.91 Å². The van der Waals surface area contributed by atoms with E-state index < -0.39 is 0 Å². The zero-order valence-corrected chi connectivity index (χ0v) is 14.7. The van der Waals surface area contributed by atoms with Crippen LogP contribution in [0.5, 0.6) is 5.75 Å². The zero-order chi connectivity index (χ0) is 17.8. The molecule has 0 aliphatic heterocycles. The summed E-state index contributed by atoms with van der Waals surface area (Å²) >= 11 is 0. The Hall–Kier alpha value is -2.89. The van der Waals surface area contributed by atoms with Gasteiger partial charge in [-0.15, -0.1) is 0 Å². The van der Waals surface area contributed by atoms with Gasteiger partial charge in [0, 0.05) is 31.3 Å². The van der Waals surface area contributed by atoms with Crippen LogP contribution in [0.4, 0.5) is 0 Å². The van der Waals surface area contributed by atoms with Crippen LogP contribution in [0.2, 0.25) is 0 Å². The predicted molar refractivity (Wildman–Crippen MR) is 97.0 cm³/mol. The van der Waals surface area contributed by atoms with Crippen molar-refractivity contribution in [3.8, 4) is 5.75 Å². The fourth-order valence-electron chi connectivity index (χ4n) is 2.93. The molecule has 25 heavy (non-hydrogen) atoms. The number of benzene rings is 1. The van der Waals surface area contributed by atoms with Gasteiger partial charge in [-0.2, -0.15) is 0 Å². The average molecular weight is 338 g/mol. The van der Waals surface area contributed by atoms with Gasteiger partial charge < -0.3 is 14.6 Å². The van der Waals surface area contributed by atoms with E-state index in [0.29, 0.717) is 18.5 Å². The van der Waals surface area contributed by atoms with Crippen LogP contribution < -0.4 is 10.1 Å². The van der Waals surface area contributed by atoms with Crippen molar-refractivity contribution in [2.45, 2.75) is 26.8 Å². The fourth-order valence-corrected chi connectivity index (χ4v) is 2.93. The van der Waals surface area contributed by atoms with E-state index in [9.17, 15) is 4.79 Å². The number of ether oxygens (including phenoxy) is 1. The van der Waals surface area contributed by atoms with E-state index in [2.05, 4.69) is 26.8 Å². The second kappa shape index (κ2) is 7.34. The molecule has 0 saturated carbocycles. The maximum absolute atomic E-state index is 12.4. The molecule has 6 nitrogen and oxygen atoms in total. The van der Waals surface area contributed by atoms with Crippen LogP contribution in [-0.4, -0.2) is 34.1 Å². The molecule has 0 aliphatic carbocycles. The molecule has 0 fully saturated rings. The number of nitrogens with one attached hydrogen (secondary N) is 1. The van der Waals surface area contributed by atoms with E-state index in [1.54, 1.807) is 25.4 Å². The topological polar surface area (TPSA) is 69.0 Å². The molecule has 2 heterocycles. The lowest BCUT2D eigenvalue weighted by molar-refractivity contribution is 0.0953. The van der Waals surface area contributed by atoms with Crippen molar-refractivity contribution in [2.24, 2.45) is 0 Å². The summed E-state index contributed by atoms with van der Waals surface area (Å²) in [6.07, 6.45) is 2.43. The largest absolute Gasteiger partial charge is 0.497 e. The third kappa shape index (κ3) is 3.47. The molecule has 6 heteroatoms. The smallest absolute Gasteiger partial charge is 0.251 e. The van der Waals surface area contributed by atoms with Crippen molar-refractivity contribution >= 4 is 17.1 Å². The van der Waals surface area contributed by atoms with Crippen molar-refractivity contribution in [2.75, 3.05) is 13.7 Å². The number of imidazole rings is 1. The summed E-state index contributed by atoms with van der Waals surface area (Å²) in [4.78, 5) is 21.4. The molecule has 0 bridgehead atoms. The summed E-state index contributed by atoms with van der Waals surface area (Å²) in [5, 5.41) is 2.97. The predicted octanol–water partition coefficient (Wildman–Crippen LogP) is 2.74. The highest BCUT2D eigenvalue weighted by Gasteiger charge is 2.12. The molecule has 0 unspecified atom stereocenters. The van der Waals surface area contributed by atoms with Crippen LogP contribution in [0.3, 0.4) is 0 Å². The highest BCUT2D eigenvalue weighted by molar-refractivity contribution is 5.95. The van der Waals surface area contributed by atoms with Gasteiger partial charge in [-0.25, -0.2) is 9.97 Å². The normalized spacial score (nSPS) is 10.8. The standard InChI is InChI=1S/C19H22N4O2/c1-4-23-17(22-16-6-5-10-20-18(16)23)9-11-21-19(24)15-8-7-14(25-3)12-13(15)2/h5-8,10,12H,4,9,11H2,1-3H3,(H,21,24). The van der Waals surface area contributed by atoms with Crippen molar-refractivity contribution in [3.05, 3.63) is 53.5 Å². The second-order valence-electron chi connectivity index (χ2n) is 5.81. The SMILES string of the molecule is CCn1c(CCNC(=O)c2ccc(OC)cc2C)nc2cccnc21. The van der Waals surface area contributed by atoms with Crippen LogP contribution >= 0.6 is 0 Å². The van der Waals surface area contributed by atoms with E-state index in [4.69, 9.17) is 4.74 Å². The Labute approximate surface area is 146 Å². The quantitative estimate of drug-likeness (QED) is 0.750. The van der Waals surface area contributed by atoms with Crippen molar-refractivity contribution in [3.63, 3.8) is 0 Å². The number of carbonyl (C=O) groups excluding carboxylic acids is 1. The maximum atomic E-state index is 12.4. The number of aromatic nitrogens is 3. The molecule has 0 saturated heterocycles. The lowest BCUT2D eigenvalue weighted by Crippen LogP contribution is -2.27. The van der Waals surface area contributed by atoms with Gasteiger partial charge >= 0.3 is 0 Å². The molecule has 0 atom stereocenters. The molecule has 3 rings (SSSR count). The summed E-state index contributed by atoms with van der Waals surface area (Å²) in [5.41, 5.74) is 3.32. The first kappa shape index (κ1) is 17.0. The minimum atomic E-state index is -0.0857. The van der Waals surface area contributed by atoms with E-state index in [1.807, 2.05) is 25.1 Å². The number of pyridine rings is 1. The lowest BCUT2D eigenvalue weighted by atomic mass is 10.1. The summed E-state index contributed by atoms with van der Waals surface area (Å²) < 4.78 is 7.26. The molecule has 0 aliphatic rings. The second-order valence-corrected chi connectivity index (χ2v) is 5.81. The van der Waals surface area contributed by atoms with Gasteiger partial charge in [0.1, 0.15) is 17.1 Å². The Morgan fingerprint density at radius 1 is 1.32 bits per heavy atom. The van der Waals surface area contributed by atoms with Crippen LogP contribution in [0.15, 0.2) is 36.5 Å². The number of methoxy groups -OCH3 is 1. The third-order valence-electron chi connectivity index (χ3n) is 4.21. The molecule has 0 spiro atoms. The summed E-state index contributed by atoms with van der Waals surface area (Å²) in [6, 6.07) is 9.28. The number of rotatable bonds is 6. The molecule has 1 N–H and O–H groups in total. The van der Waals surface area contributed by atoms with Gasteiger partial charge in [-0.05, 0) is 49.7 Å². The summed E-state index contributed by atoms with van der Waals surface area (Å²) in [5.74, 6) is 1.60. The van der Waals surface area contributed by atoms with Gasteiger partial charge in [0.15, 0.2) is 5.65 Å². The van der Waals surface area contributed by atoms with Crippen molar-refractivity contribution in [1.82, 2.24) is 19.9 Å². The number of fused-ring (bicyclic) bond motifs is 1. The molecule has 1 amide bonds. The molecule has 2 aromatic heterocycles. The molecular formula is C19H22N4O2. The van der Waals surface area contributed by atoms with E-state index >= 15 is 0 Å². The summed E-state index contributed by atoms with van der Waals surface area (Å²) in [6.45, 7) is 5.29. The van der Waals surface area contributed by atoms with Gasteiger partial charge in [0.2, 0.25) is 0 Å². The monoisotopic (exact) mass is 338 g/mol. The highest BCUT2D eigenvalue weighted by atomic mass is 16.5. The third-order valence-corrected chi connectivity index (χ3v) is 4.21. The first-order chi connectivity index (χ1) is 12.1. The number of hydrogen-bond donors (Lipinski definition) is 1. The summed E-state index contributed by atoms with van der Waals surface area (Å²) in [7, 11) is 1.61. The Balaban J connectivity index is 1.68. The Bertz CT molecular complexity index is 902. The molecular weight excluding hydrogens is 316 g/mol. The zero-order valence-electron chi connectivity index (χ0n) is 14.7. The minimum absolute atomic E-state index is 0.0857. The molecule has 1 aromatic carbocycles. The fraction of sp³-hybridized carbons (Fsp3) is 0.316. The van der Waals surface area contributed by atoms with Gasteiger partial charge in [-0.1, -0.05) is 0 Å². The van der Waals surface area contributed by atoms with Gasteiger partial charge in [-0.3, -0.25) is 4.79 Å². The molecule has 3 aromatic rings. The van der Waals surface area contributed by atoms with Crippen LogP contribution in [-0.2, 0) is 13.0 Å². The minimum Gasteiger partial charge on any atom is -0.497 e. The Morgan fingerprint density at radius 3 is 2.88 bits per heavy atom. The average Bonchev–Trinajstić information content (AvgIpc) is 2.98. The molecule has 130 valence electrons. The number of hydrogen-bond acceptors (Lipinski definition) is 4. The first-order valence-corrected chi connectivity index (χ1v) is 8.37. The number of carbonyl (C=O) groups is 1. The number of aryl methyl sites for hydroxylation is 2. The van der Waals surface area contributed by atoms with E-state index in [1.165, 1.54) is 0 Å². The van der Waals surface area contributed by atoms with E-state index in [-0.39, 0.29) is 5.91 Å². The number of nitrogens with zero attached hydrogens (tertiary/aromatic N) is 3. The lowest BCUT2D eigenvalue weighted by Gasteiger charge is -2.10. The number of amides is 1. The Kier molecular flexibility index (Phi) is 4.97. The highest BCUT2D eigenvalue weighted by Crippen LogP contribution is 2.17. The van der Waals surface area contributed by atoms with Crippen LogP contribution in [0.1, 0.15) is 28.7 Å². The first-order valence-electron chi connectivity index (χ1n) is 8.37. The van der Waals surface area contributed by atoms with Crippen molar-refractivity contribution < 1.29 is 9.53 Å². The van der Waals surface area contributed by atoms with Crippen LogP contribution in [0.25, 0.3) is 11.2 Å². The van der Waals surface area contributed by atoms with E-state index in [0.717, 1.165) is 34.8 Å².